The molecule has 1 aromatic carbocycles. The lowest BCUT2D eigenvalue weighted by Gasteiger charge is -2.36. The maximum Gasteiger partial charge on any atom is 0.132 e. The third-order valence-corrected chi connectivity index (χ3v) is 3.88. The van der Waals surface area contributed by atoms with Gasteiger partial charge in [-0.15, -0.1) is 0 Å². The third-order valence-electron chi connectivity index (χ3n) is 3.88. The zero-order valence-electron chi connectivity index (χ0n) is 11.6. The number of benzene rings is 1. The van der Waals surface area contributed by atoms with E-state index in [0.29, 0.717) is 5.92 Å². The SMILES string of the molecule is Cc1cc2ccccc2nc1N1CC(C)CC(N)C1. The fourth-order valence-corrected chi connectivity index (χ4v) is 3.10. The van der Waals surface area contributed by atoms with Gasteiger partial charge in [0.25, 0.3) is 0 Å². The van der Waals surface area contributed by atoms with Crippen LogP contribution in [0, 0.1) is 12.8 Å². The van der Waals surface area contributed by atoms with Crippen molar-refractivity contribution < 1.29 is 0 Å². The molecule has 0 radical (unpaired) electrons. The van der Waals surface area contributed by atoms with Crippen LogP contribution in [0.25, 0.3) is 10.9 Å². The molecule has 0 bridgehead atoms. The number of pyridine rings is 1. The summed E-state index contributed by atoms with van der Waals surface area (Å²) in [6.45, 7) is 6.37. The van der Waals surface area contributed by atoms with Crippen molar-refractivity contribution in [3.05, 3.63) is 35.9 Å². The number of fused-ring (bicyclic) bond motifs is 1. The standard InChI is InChI=1S/C16H21N3/c1-11-7-14(17)10-19(9-11)16-12(2)8-13-5-3-4-6-15(13)18-16/h3-6,8,11,14H,7,9-10,17H2,1-2H3. The zero-order valence-corrected chi connectivity index (χ0v) is 11.6. The van der Waals surface area contributed by atoms with Crippen molar-refractivity contribution in [2.45, 2.75) is 26.3 Å². The van der Waals surface area contributed by atoms with E-state index in [2.05, 4.69) is 43.0 Å². The van der Waals surface area contributed by atoms with Crippen LogP contribution >= 0.6 is 0 Å². The van der Waals surface area contributed by atoms with E-state index in [0.717, 1.165) is 30.8 Å². The normalized spacial score (nSPS) is 23.8. The number of hydrogen-bond acceptors (Lipinski definition) is 3. The Bertz CT molecular complexity index is 584. The van der Waals surface area contributed by atoms with Gasteiger partial charge >= 0.3 is 0 Å². The third kappa shape index (κ3) is 2.43. The molecule has 100 valence electrons. The molecule has 1 aliphatic heterocycles. The van der Waals surface area contributed by atoms with Crippen LogP contribution in [0.3, 0.4) is 0 Å². The number of anilines is 1. The minimum Gasteiger partial charge on any atom is -0.355 e. The van der Waals surface area contributed by atoms with Gasteiger partial charge in [-0.3, -0.25) is 0 Å². The lowest BCUT2D eigenvalue weighted by Crippen LogP contribution is -2.47. The van der Waals surface area contributed by atoms with Gasteiger partial charge in [0.15, 0.2) is 0 Å². The van der Waals surface area contributed by atoms with Gasteiger partial charge in [-0.1, -0.05) is 25.1 Å². The van der Waals surface area contributed by atoms with Crippen LogP contribution in [-0.4, -0.2) is 24.1 Å². The molecule has 3 nitrogen and oxygen atoms in total. The van der Waals surface area contributed by atoms with Crippen molar-refractivity contribution in [1.82, 2.24) is 4.98 Å². The van der Waals surface area contributed by atoms with Crippen molar-refractivity contribution in [1.29, 1.82) is 0 Å². The van der Waals surface area contributed by atoms with E-state index in [-0.39, 0.29) is 6.04 Å². The van der Waals surface area contributed by atoms with Gasteiger partial charge in [-0.2, -0.15) is 0 Å². The van der Waals surface area contributed by atoms with E-state index in [1.165, 1.54) is 10.9 Å². The molecule has 2 heterocycles. The summed E-state index contributed by atoms with van der Waals surface area (Å²) >= 11 is 0. The lowest BCUT2D eigenvalue weighted by molar-refractivity contribution is 0.400. The van der Waals surface area contributed by atoms with Gasteiger partial charge in [0.1, 0.15) is 5.82 Å². The van der Waals surface area contributed by atoms with Crippen LogP contribution < -0.4 is 10.6 Å². The highest BCUT2D eigenvalue weighted by molar-refractivity contribution is 5.81. The Morgan fingerprint density at radius 2 is 2.05 bits per heavy atom. The summed E-state index contributed by atoms with van der Waals surface area (Å²) < 4.78 is 0. The highest BCUT2D eigenvalue weighted by atomic mass is 15.2. The molecule has 3 heteroatoms. The molecule has 2 aromatic rings. The summed E-state index contributed by atoms with van der Waals surface area (Å²) in [7, 11) is 0. The van der Waals surface area contributed by atoms with Crippen LogP contribution in [0.1, 0.15) is 18.9 Å². The Morgan fingerprint density at radius 3 is 2.84 bits per heavy atom. The maximum atomic E-state index is 6.15. The van der Waals surface area contributed by atoms with Crippen molar-refractivity contribution in [3.63, 3.8) is 0 Å². The number of piperidine rings is 1. The van der Waals surface area contributed by atoms with Gasteiger partial charge in [0.2, 0.25) is 0 Å². The fraction of sp³-hybridized carbons (Fsp3) is 0.438. The quantitative estimate of drug-likeness (QED) is 0.852. The van der Waals surface area contributed by atoms with Crippen LogP contribution in [-0.2, 0) is 0 Å². The van der Waals surface area contributed by atoms with E-state index in [9.17, 15) is 0 Å². The molecule has 1 fully saturated rings. The summed E-state index contributed by atoms with van der Waals surface area (Å²) in [5, 5.41) is 1.21. The Morgan fingerprint density at radius 1 is 1.26 bits per heavy atom. The van der Waals surface area contributed by atoms with Crippen molar-refractivity contribution in [3.8, 4) is 0 Å². The largest absolute Gasteiger partial charge is 0.355 e. The molecule has 1 aromatic heterocycles. The molecule has 1 aliphatic rings. The molecule has 19 heavy (non-hydrogen) atoms. The Kier molecular flexibility index (Phi) is 3.15. The molecule has 2 atom stereocenters. The average molecular weight is 255 g/mol. The van der Waals surface area contributed by atoms with Gasteiger partial charge in [-0.25, -0.2) is 4.98 Å². The minimum atomic E-state index is 0.261. The topological polar surface area (TPSA) is 42.2 Å². The number of nitrogens with two attached hydrogens (primary N) is 1. The van der Waals surface area contributed by atoms with Crippen LogP contribution in [0.5, 0.6) is 0 Å². The van der Waals surface area contributed by atoms with E-state index in [4.69, 9.17) is 10.7 Å². The minimum absolute atomic E-state index is 0.261. The van der Waals surface area contributed by atoms with Gasteiger partial charge in [0, 0.05) is 24.5 Å². The predicted molar refractivity (Wildman–Crippen MR) is 80.4 cm³/mol. The van der Waals surface area contributed by atoms with Gasteiger partial charge in [0.05, 0.1) is 5.52 Å². The smallest absolute Gasteiger partial charge is 0.132 e. The van der Waals surface area contributed by atoms with E-state index in [1.54, 1.807) is 0 Å². The molecule has 1 saturated heterocycles. The summed E-state index contributed by atoms with van der Waals surface area (Å²) in [5.74, 6) is 1.73. The molecule has 0 aliphatic carbocycles. The van der Waals surface area contributed by atoms with E-state index >= 15 is 0 Å². The second kappa shape index (κ2) is 4.82. The Hall–Kier alpha value is -1.61. The fourth-order valence-electron chi connectivity index (χ4n) is 3.10. The average Bonchev–Trinajstić information content (AvgIpc) is 2.36. The summed E-state index contributed by atoms with van der Waals surface area (Å²) in [5.41, 5.74) is 8.45. The number of para-hydroxylation sites is 1. The predicted octanol–water partition coefficient (Wildman–Crippen LogP) is 2.72. The van der Waals surface area contributed by atoms with Crippen molar-refractivity contribution in [2.24, 2.45) is 11.7 Å². The molecule has 3 rings (SSSR count). The summed E-state index contributed by atoms with van der Waals surface area (Å²) in [4.78, 5) is 7.19. The Labute approximate surface area is 114 Å². The van der Waals surface area contributed by atoms with Gasteiger partial charge < -0.3 is 10.6 Å². The van der Waals surface area contributed by atoms with Crippen LogP contribution in [0.2, 0.25) is 0 Å². The Balaban J connectivity index is 2.01. The summed E-state index contributed by atoms with van der Waals surface area (Å²) in [6, 6.07) is 10.8. The number of hydrogen-bond donors (Lipinski definition) is 1. The number of aryl methyl sites for hydroxylation is 1. The number of aromatic nitrogens is 1. The zero-order chi connectivity index (χ0) is 13.4. The molecular formula is C16H21N3. The van der Waals surface area contributed by atoms with E-state index < -0.39 is 0 Å². The highest BCUT2D eigenvalue weighted by Gasteiger charge is 2.24. The number of nitrogens with zero attached hydrogens (tertiary/aromatic N) is 2. The second-order valence-corrected chi connectivity index (χ2v) is 5.83. The van der Waals surface area contributed by atoms with Gasteiger partial charge in [-0.05, 0) is 37.0 Å². The molecule has 0 spiro atoms. The van der Waals surface area contributed by atoms with Crippen LogP contribution in [0.15, 0.2) is 30.3 Å². The molecule has 0 saturated carbocycles. The first-order valence-corrected chi connectivity index (χ1v) is 7.00. The van der Waals surface area contributed by atoms with E-state index in [1.807, 2.05) is 6.07 Å². The molecular weight excluding hydrogens is 234 g/mol. The van der Waals surface area contributed by atoms with Crippen molar-refractivity contribution in [2.75, 3.05) is 18.0 Å². The monoisotopic (exact) mass is 255 g/mol. The van der Waals surface area contributed by atoms with Crippen molar-refractivity contribution >= 4 is 16.7 Å². The first-order valence-electron chi connectivity index (χ1n) is 7.00. The first kappa shape index (κ1) is 12.4. The molecule has 0 amide bonds. The molecule has 2 N–H and O–H groups in total. The number of rotatable bonds is 1. The first-order chi connectivity index (χ1) is 9.13. The lowest BCUT2D eigenvalue weighted by atomic mass is 9.96. The maximum absolute atomic E-state index is 6.15. The van der Waals surface area contributed by atoms with Crippen LogP contribution in [0.4, 0.5) is 5.82 Å². The second-order valence-electron chi connectivity index (χ2n) is 5.83. The summed E-state index contributed by atoms with van der Waals surface area (Å²) in [6.07, 6.45) is 1.11. The molecule has 2 unspecified atom stereocenters. The highest BCUT2D eigenvalue weighted by Crippen LogP contribution is 2.26.